The minimum absolute atomic E-state index is 0.224. The van der Waals surface area contributed by atoms with Gasteiger partial charge in [0.05, 0.1) is 6.10 Å². The molecule has 98 valence electrons. The molecule has 0 unspecified atom stereocenters. The molecule has 0 heterocycles. The van der Waals surface area contributed by atoms with Crippen LogP contribution in [0.2, 0.25) is 5.02 Å². The van der Waals surface area contributed by atoms with Crippen LogP contribution in [0.1, 0.15) is 11.7 Å². The molecule has 0 aliphatic rings. The Kier molecular flexibility index (Phi) is 6.25. The van der Waals surface area contributed by atoms with Gasteiger partial charge in [0.15, 0.2) is 0 Å². The van der Waals surface area contributed by atoms with Gasteiger partial charge in [-0.15, -0.1) is 6.58 Å². The van der Waals surface area contributed by atoms with Gasteiger partial charge in [0.25, 0.3) is 0 Å². The van der Waals surface area contributed by atoms with Gasteiger partial charge in [-0.25, -0.2) is 4.79 Å². The average molecular weight is 269 g/mol. The SMILES string of the molecule is C=CCNC(=O)NC[C@@H](OC)c1cccc(Cl)c1. The van der Waals surface area contributed by atoms with E-state index in [1.807, 2.05) is 18.2 Å². The van der Waals surface area contributed by atoms with Crippen molar-refractivity contribution in [2.24, 2.45) is 0 Å². The Morgan fingerprint density at radius 3 is 2.94 bits per heavy atom. The lowest BCUT2D eigenvalue weighted by atomic mass is 10.1. The molecule has 0 spiro atoms. The first-order valence-electron chi connectivity index (χ1n) is 5.58. The number of halogens is 1. The van der Waals surface area contributed by atoms with Crippen molar-refractivity contribution in [2.45, 2.75) is 6.10 Å². The number of hydrogen-bond acceptors (Lipinski definition) is 2. The Hall–Kier alpha value is -1.52. The molecule has 18 heavy (non-hydrogen) atoms. The van der Waals surface area contributed by atoms with Crippen molar-refractivity contribution in [1.82, 2.24) is 10.6 Å². The molecule has 4 nitrogen and oxygen atoms in total. The van der Waals surface area contributed by atoms with Crippen molar-refractivity contribution >= 4 is 17.6 Å². The first-order valence-corrected chi connectivity index (χ1v) is 5.96. The Morgan fingerprint density at radius 1 is 1.56 bits per heavy atom. The number of carbonyl (C=O) groups is 1. The largest absolute Gasteiger partial charge is 0.375 e. The van der Waals surface area contributed by atoms with Gasteiger partial charge in [0.2, 0.25) is 0 Å². The van der Waals surface area contributed by atoms with Crippen LogP contribution in [-0.2, 0) is 4.74 Å². The zero-order chi connectivity index (χ0) is 13.4. The quantitative estimate of drug-likeness (QED) is 0.779. The van der Waals surface area contributed by atoms with Crippen LogP contribution in [0.25, 0.3) is 0 Å². The summed E-state index contributed by atoms with van der Waals surface area (Å²) in [6.45, 7) is 4.33. The molecule has 1 rings (SSSR count). The van der Waals surface area contributed by atoms with Gasteiger partial charge in [-0.1, -0.05) is 29.8 Å². The number of rotatable bonds is 6. The van der Waals surface area contributed by atoms with Crippen LogP contribution in [-0.4, -0.2) is 26.2 Å². The highest BCUT2D eigenvalue weighted by Gasteiger charge is 2.11. The molecule has 1 aromatic rings. The molecule has 0 aliphatic heterocycles. The van der Waals surface area contributed by atoms with E-state index in [0.717, 1.165) is 5.56 Å². The molecule has 5 heteroatoms. The predicted molar refractivity (Wildman–Crippen MR) is 72.8 cm³/mol. The van der Waals surface area contributed by atoms with Gasteiger partial charge >= 0.3 is 6.03 Å². The second-order valence-corrected chi connectivity index (χ2v) is 4.10. The highest BCUT2D eigenvalue weighted by atomic mass is 35.5. The summed E-state index contributed by atoms with van der Waals surface area (Å²) in [5, 5.41) is 5.99. The Balaban J connectivity index is 2.52. The molecule has 2 N–H and O–H groups in total. The third-order valence-electron chi connectivity index (χ3n) is 2.36. The molecule has 0 saturated carbocycles. The summed E-state index contributed by atoms with van der Waals surface area (Å²) in [6, 6.07) is 7.12. The normalized spacial score (nSPS) is 11.7. The van der Waals surface area contributed by atoms with E-state index in [2.05, 4.69) is 17.2 Å². The van der Waals surface area contributed by atoms with Crippen molar-refractivity contribution in [3.63, 3.8) is 0 Å². The van der Waals surface area contributed by atoms with Crippen LogP contribution in [0.4, 0.5) is 4.79 Å². The maximum Gasteiger partial charge on any atom is 0.315 e. The van der Waals surface area contributed by atoms with E-state index >= 15 is 0 Å². The zero-order valence-electron chi connectivity index (χ0n) is 10.3. The smallest absolute Gasteiger partial charge is 0.315 e. The van der Waals surface area contributed by atoms with Crippen molar-refractivity contribution in [3.05, 3.63) is 47.5 Å². The minimum atomic E-state index is -0.251. The lowest BCUT2D eigenvalue weighted by Gasteiger charge is -2.16. The Bertz CT molecular complexity index is 410. The van der Waals surface area contributed by atoms with Crippen LogP contribution in [0.3, 0.4) is 0 Å². The van der Waals surface area contributed by atoms with E-state index in [-0.39, 0.29) is 12.1 Å². The lowest BCUT2D eigenvalue weighted by Crippen LogP contribution is -2.38. The molecule has 1 aromatic carbocycles. The molecule has 0 bridgehead atoms. The van der Waals surface area contributed by atoms with E-state index < -0.39 is 0 Å². The Labute approximate surface area is 112 Å². The van der Waals surface area contributed by atoms with Crippen LogP contribution >= 0.6 is 11.6 Å². The van der Waals surface area contributed by atoms with Crippen molar-refractivity contribution in [3.8, 4) is 0 Å². The van der Waals surface area contributed by atoms with Gasteiger partial charge in [-0.2, -0.15) is 0 Å². The van der Waals surface area contributed by atoms with E-state index in [4.69, 9.17) is 16.3 Å². The number of carbonyl (C=O) groups excluding carboxylic acids is 1. The Morgan fingerprint density at radius 2 is 2.33 bits per heavy atom. The van der Waals surface area contributed by atoms with Gasteiger partial charge < -0.3 is 15.4 Å². The van der Waals surface area contributed by atoms with Gasteiger partial charge in [0, 0.05) is 25.2 Å². The van der Waals surface area contributed by atoms with Crippen molar-refractivity contribution in [1.29, 1.82) is 0 Å². The fraction of sp³-hybridized carbons (Fsp3) is 0.308. The fourth-order valence-corrected chi connectivity index (χ4v) is 1.66. The van der Waals surface area contributed by atoms with Crippen LogP contribution in [0, 0.1) is 0 Å². The molecule has 1 atom stereocenters. The first-order chi connectivity index (χ1) is 8.67. The number of methoxy groups -OCH3 is 1. The monoisotopic (exact) mass is 268 g/mol. The summed E-state index contributed by atoms with van der Waals surface area (Å²) < 4.78 is 5.32. The summed E-state index contributed by atoms with van der Waals surface area (Å²) in [4.78, 5) is 11.4. The summed E-state index contributed by atoms with van der Waals surface area (Å²) in [6.07, 6.45) is 1.39. The second-order valence-electron chi connectivity index (χ2n) is 3.66. The maximum atomic E-state index is 11.4. The fourth-order valence-electron chi connectivity index (χ4n) is 1.46. The summed E-state index contributed by atoms with van der Waals surface area (Å²) in [5.41, 5.74) is 0.925. The molecular formula is C13H17ClN2O2. The third-order valence-corrected chi connectivity index (χ3v) is 2.60. The highest BCUT2D eigenvalue weighted by molar-refractivity contribution is 6.30. The first kappa shape index (κ1) is 14.5. The molecule has 0 aromatic heterocycles. The lowest BCUT2D eigenvalue weighted by molar-refractivity contribution is 0.104. The minimum Gasteiger partial charge on any atom is -0.375 e. The van der Waals surface area contributed by atoms with E-state index in [1.165, 1.54) is 0 Å². The zero-order valence-corrected chi connectivity index (χ0v) is 11.0. The van der Waals surface area contributed by atoms with Gasteiger partial charge in [-0.05, 0) is 17.7 Å². The van der Waals surface area contributed by atoms with Gasteiger partial charge in [0.1, 0.15) is 0 Å². The van der Waals surface area contributed by atoms with Crippen LogP contribution in [0.5, 0.6) is 0 Å². The van der Waals surface area contributed by atoms with E-state index in [1.54, 1.807) is 19.3 Å². The average Bonchev–Trinajstić information content (AvgIpc) is 2.37. The van der Waals surface area contributed by atoms with E-state index in [9.17, 15) is 4.79 Å². The van der Waals surface area contributed by atoms with Crippen molar-refractivity contribution < 1.29 is 9.53 Å². The maximum absolute atomic E-state index is 11.4. The number of benzene rings is 1. The molecule has 0 aliphatic carbocycles. The topological polar surface area (TPSA) is 50.4 Å². The summed E-state index contributed by atoms with van der Waals surface area (Å²) in [7, 11) is 1.59. The molecule has 0 fully saturated rings. The van der Waals surface area contributed by atoms with Crippen LogP contribution in [0.15, 0.2) is 36.9 Å². The predicted octanol–water partition coefficient (Wildman–Crippen LogP) is 2.51. The molecule has 0 saturated heterocycles. The molecular weight excluding hydrogens is 252 g/mol. The third kappa shape index (κ3) is 4.77. The highest BCUT2D eigenvalue weighted by Crippen LogP contribution is 2.19. The number of ether oxygens (including phenoxy) is 1. The van der Waals surface area contributed by atoms with Gasteiger partial charge in [-0.3, -0.25) is 0 Å². The number of urea groups is 1. The van der Waals surface area contributed by atoms with E-state index in [0.29, 0.717) is 18.1 Å². The number of hydrogen-bond donors (Lipinski definition) is 2. The van der Waals surface area contributed by atoms with Crippen molar-refractivity contribution in [2.75, 3.05) is 20.2 Å². The standard InChI is InChI=1S/C13H17ClN2O2/c1-3-7-15-13(17)16-9-12(18-2)10-5-4-6-11(14)8-10/h3-6,8,12H,1,7,9H2,2H3,(H2,15,16,17)/t12-/m1/s1. The molecule has 0 radical (unpaired) electrons. The second kappa shape index (κ2) is 7.74. The van der Waals surface area contributed by atoms with Crippen LogP contribution < -0.4 is 10.6 Å². The number of nitrogens with one attached hydrogen (secondary N) is 2. The molecule has 2 amide bonds. The summed E-state index contributed by atoms with van der Waals surface area (Å²) in [5.74, 6) is 0. The summed E-state index contributed by atoms with van der Waals surface area (Å²) >= 11 is 5.91. The number of amides is 2.